The molecule has 0 saturated carbocycles. The molecule has 1 heterocycles. The van der Waals surface area contributed by atoms with Crippen molar-refractivity contribution in [3.63, 3.8) is 0 Å². The van der Waals surface area contributed by atoms with E-state index >= 15 is 0 Å². The number of anilines is 1. The first-order valence-corrected chi connectivity index (χ1v) is 5.43. The third-order valence-electron chi connectivity index (χ3n) is 2.48. The van der Waals surface area contributed by atoms with Crippen LogP contribution in [0.1, 0.15) is 26.5 Å². The quantitative estimate of drug-likeness (QED) is 0.800. The maximum Gasteiger partial charge on any atom is 0.186 e. The highest BCUT2D eigenvalue weighted by Crippen LogP contribution is 2.17. The van der Waals surface area contributed by atoms with Gasteiger partial charge in [0.25, 0.3) is 0 Å². The summed E-state index contributed by atoms with van der Waals surface area (Å²) in [6.07, 6.45) is 1.93. The Morgan fingerprint density at radius 1 is 1.44 bits per heavy atom. The van der Waals surface area contributed by atoms with Crippen LogP contribution >= 0.6 is 0 Å². The van der Waals surface area contributed by atoms with E-state index in [1.54, 1.807) is 0 Å². The standard InChI is InChI=1S/C11H19FN4/c1-4-8-9(12)10(16-7-15-8)14-6-11(2,3)5-13/h7H,4-6,13H2,1-3H3,(H,14,15,16). The number of rotatable bonds is 5. The lowest BCUT2D eigenvalue weighted by molar-refractivity contribution is 0.404. The normalized spacial score (nSPS) is 11.6. The van der Waals surface area contributed by atoms with Crippen molar-refractivity contribution in [1.82, 2.24) is 9.97 Å². The number of aromatic nitrogens is 2. The zero-order chi connectivity index (χ0) is 12.2. The Morgan fingerprint density at radius 2 is 2.12 bits per heavy atom. The van der Waals surface area contributed by atoms with Crippen LogP contribution in [0.5, 0.6) is 0 Å². The van der Waals surface area contributed by atoms with Crippen LogP contribution in [0.25, 0.3) is 0 Å². The van der Waals surface area contributed by atoms with Crippen molar-refractivity contribution >= 4 is 5.82 Å². The first-order chi connectivity index (χ1) is 7.50. The molecule has 0 aliphatic heterocycles. The van der Waals surface area contributed by atoms with Gasteiger partial charge in [0.05, 0.1) is 5.69 Å². The van der Waals surface area contributed by atoms with E-state index in [1.807, 2.05) is 20.8 Å². The van der Waals surface area contributed by atoms with Gasteiger partial charge in [-0.1, -0.05) is 20.8 Å². The third kappa shape index (κ3) is 3.13. The summed E-state index contributed by atoms with van der Waals surface area (Å²) in [5.41, 5.74) is 5.95. The minimum absolute atomic E-state index is 0.0796. The molecule has 5 heteroatoms. The number of nitrogens with two attached hydrogens (primary N) is 1. The van der Waals surface area contributed by atoms with Crippen LogP contribution in [0.2, 0.25) is 0 Å². The minimum atomic E-state index is -0.363. The molecule has 0 radical (unpaired) electrons. The highest BCUT2D eigenvalue weighted by atomic mass is 19.1. The Kier molecular flexibility index (Phi) is 4.18. The lowest BCUT2D eigenvalue weighted by Crippen LogP contribution is -2.31. The summed E-state index contributed by atoms with van der Waals surface area (Å²) in [6.45, 7) is 7.01. The first kappa shape index (κ1) is 12.8. The number of hydrogen-bond acceptors (Lipinski definition) is 4. The molecule has 1 aromatic rings. The van der Waals surface area contributed by atoms with Crippen molar-refractivity contribution in [3.05, 3.63) is 17.8 Å². The molecule has 0 aromatic carbocycles. The molecule has 4 nitrogen and oxygen atoms in total. The van der Waals surface area contributed by atoms with E-state index in [0.29, 0.717) is 25.2 Å². The van der Waals surface area contributed by atoms with Gasteiger partial charge in [-0.3, -0.25) is 0 Å². The molecule has 1 aromatic heterocycles. The zero-order valence-corrected chi connectivity index (χ0v) is 10.0. The van der Waals surface area contributed by atoms with Crippen molar-refractivity contribution in [1.29, 1.82) is 0 Å². The van der Waals surface area contributed by atoms with E-state index in [4.69, 9.17) is 5.73 Å². The average Bonchev–Trinajstić information content (AvgIpc) is 2.28. The Labute approximate surface area is 95.5 Å². The van der Waals surface area contributed by atoms with E-state index in [2.05, 4.69) is 15.3 Å². The van der Waals surface area contributed by atoms with Crippen molar-refractivity contribution in [2.45, 2.75) is 27.2 Å². The Balaban J connectivity index is 2.75. The van der Waals surface area contributed by atoms with Crippen LogP contribution in [-0.2, 0) is 6.42 Å². The molecule has 0 aliphatic rings. The third-order valence-corrected chi connectivity index (χ3v) is 2.48. The minimum Gasteiger partial charge on any atom is -0.367 e. The molecule has 0 fully saturated rings. The van der Waals surface area contributed by atoms with Crippen LogP contribution in [0.3, 0.4) is 0 Å². The molecule has 0 aliphatic carbocycles. The Hall–Kier alpha value is -1.23. The van der Waals surface area contributed by atoms with Gasteiger partial charge in [0.15, 0.2) is 11.6 Å². The summed E-state index contributed by atoms with van der Waals surface area (Å²) in [6, 6.07) is 0. The largest absolute Gasteiger partial charge is 0.367 e. The molecule has 0 unspecified atom stereocenters. The molecular formula is C11H19FN4. The van der Waals surface area contributed by atoms with E-state index in [0.717, 1.165) is 0 Å². The van der Waals surface area contributed by atoms with Gasteiger partial charge in [0, 0.05) is 6.54 Å². The van der Waals surface area contributed by atoms with Gasteiger partial charge in [0.2, 0.25) is 0 Å². The summed E-state index contributed by atoms with van der Waals surface area (Å²) in [5.74, 6) is -0.105. The predicted octanol–water partition coefficient (Wildman–Crippen LogP) is 1.57. The topological polar surface area (TPSA) is 63.8 Å². The fourth-order valence-electron chi connectivity index (χ4n) is 1.17. The molecule has 0 atom stereocenters. The number of nitrogens with one attached hydrogen (secondary N) is 1. The Bertz CT molecular complexity index is 352. The molecule has 0 amide bonds. The Morgan fingerprint density at radius 3 is 2.69 bits per heavy atom. The van der Waals surface area contributed by atoms with Crippen LogP contribution in [0.15, 0.2) is 6.33 Å². The summed E-state index contributed by atoms with van der Waals surface area (Å²) in [7, 11) is 0. The molecule has 3 N–H and O–H groups in total. The second-order valence-electron chi connectivity index (χ2n) is 4.56. The number of hydrogen-bond donors (Lipinski definition) is 2. The molecule has 16 heavy (non-hydrogen) atoms. The van der Waals surface area contributed by atoms with E-state index in [-0.39, 0.29) is 17.1 Å². The lowest BCUT2D eigenvalue weighted by atomic mass is 9.94. The summed E-state index contributed by atoms with van der Waals surface area (Å²) < 4.78 is 13.7. The van der Waals surface area contributed by atoms with Gasteiger partial charge >= 0.3 is 0 Å². The summed E-state index contributed by atoms with van der Waals surface area (Å²) >= 11 is 0. The average molecular weight is 226 g/mol. The SMILES string of the molecule is CCc1ncnc(NCC(C)(C)CN)c1F. The van der Waals surface area contributed by atoms with Gasteiger partial charge in [-0.15, -0.1) is 0 Å². The molecule has 0 bridgehead atoms. The number of nitrogens with zero attached hydrogens (tertiary/aromatic N) is 2. The fraction of sp³-hybridized carbons (Fsp3) is 0.636. The second kappa shape index (κ2) is 5.21. The van der Waals surface area contributed by atoms with Crippen LogP contribution < -0.4 is 11.1 Å². The lowest BCUT2D eigenvalue weighted by Gasteiger charge is -2.23. The maximum atomic E-state index is 13.7. The van der Waals surface area contributed by atoms with Crippen molar-refractivity contribution in [3.8, 4) is 0 Å². The molecule has 90 valence electrons. The predicted molar refractivity (Wildman–Crippen MR) is 62.7 cm³/mol. The smallest absolute Gasteiger partial charge is 0.186 e. The summed E-state index contributed by atoms with van der Waals surface area (Å²) in [5, 5.41) is 2.97. The second-order valence-corrected chi connectivity index (χ2v) is 4.56. The van der Waals surface area contributed by atoms with E-state index < -0.39 is 0 Å². The van der Waals surface area contributed by atoms with Crippen LogP contribution in [-0.4, -0.2) is 23.1 Å². The monoisotopic (exact) mass is 226 g/mol. The van der Waals surface area contributed by atoms with E-state index in [9.17, 15) is 4.39 Å². The molecule has 0 spiro atoms. The van der Waals surface area contributed by atoms with Crippen LogP contribution in [0, 0.1) is 11.2 Å². The number of halogens is 1. The van der Waals surface area contributed by atoms with Crippen molar-refractivity contribution in [2.24, 2.45) is 11.1 Å². The van der Waals surface area contributed by atoms with E-state index in [1.165, 1.54) is 6.33 Å². The maximum absolute atomic E-state index is 13.7. The molecule has 0 saturated heterocycles. The zero-order valence-electron chi connectivity index (χ0n) is 10.0. The van der Waals surface area contributed by atoms with Crippen LogP contribution in [0.4, 0.5) is 10.2 Å². The fourth-order valence-corrected chi connectivity index (χ4v) is 1.17. The molecular weight excluding hydrogens is 207 g/mol. The number of aryl methyl sites for hydroxylation is 1. The molecule has 1 rings (SSSR count). The summed E-state index contributed by atoms with van der Waals surface area (Å²) in [4.78, 5) is 7.76. The van der Waals surface area contributed by atoms with Gasteiger partial charge < -0.3 is 11.1 Å². The van der Waals surface area contributed by atoms with Crippen molar-refractivity contribution < 1.29 is 4.39 Å². The van der Waals surface area contributed by atoms with Crippen molar-refractivity contribution in [2.75, 3.05) is 18.4 Å². The highest BCUT2D eigenvalue weighted by Gasteiger charge is 2.17. The van der Waals surface area contributed by atoms with Gasteiger partial charge in [-0.25, -0.2) is 14.4 Å². The first-order valence-electron chi connectivity index (χ1n) is 5.43. The van der Waals surface area contributed by atoms with Gasteiger partial charge in [0.1, 0.15) is 6.33 Å². The van der Waals surface area contributed by atoms with Gasteiger partial charge in [-0.05, 0) is 18.4 Å². The van der Waals surface area contributed by atoms with Gasteiger partial charge in [-0.2, -0.15) is 0 Å². The highest BCUT2D eigenvalue weighted by molar-refractivity contribution is 5.37.